The van der Waals surface area contributed by atoms with Gasteiger partial charge in [-0.2, -0.15) is 0 Å². The predicted molar refractivity (Wildman–Crippen MR) is 78.7 cm³/mol. The molecule has 5 heteroatoms. The Labute approximate surface area is 121 Å². The molecule has 0 amide bonds. The highest BCUT2D eigenvalue weighted by Gasteiger charge is 2.16. The topological polar surface area (TPSA) is 38.9 Å². The second-order valence-electron chi connectivity index (χ2n) is 4.21. The molecule has 2 rings (SSSR count). The third-order valence-electron chi connectivity index (χ3n) is 2.75. The summed E-state index contributed by atoms with van der Waals surface area (Å²) in [6.07, 6.45) is 0.669. The summed E-state index contributed by atoms with van der Waals surface area (Å²) in [5.41, 5.74) is 8.21. The Morgan fingerprint density at radius 1 is 1.33 bits per heavy atom. The molecule has 0 aliphatic rings. The lowest BCUT2D eigenvalue weighted by Gasteiger charge is -2.12. The maximum atomic E-state index is 6.23. The summed E-state index contributed by atoms with van der Waals surface area (Å²) in [5.74, 6) is 0. The maximum Gasteiger partial charge on any atom is 0.0900 e. The van der Waals surface area contributed by atoms with E-state index in [2.05, 4.69) is 4.98 Å². The van der Waals surface area contributed by atoms with Gasteiger partial charge in [-0.25, -0.2) is 4.98 Å². The largest absolute Gasteiger partial charge is 0.323 e. The molecular weight excluding hydrogens is 287 g/mol. The van der Waals surface area contributed by atoms with Crippen molar-refractivity contribution in [2.24, 2.45) is 5.73 Å². The van der Waals surface area contributed by atoms with E-state index in [-0.39, 0.29) is 6.04 Å². The molecule has 1 aromatic heterocycles. The Kier molecular flexibility index (Phi) is 4.28. The molecule has 2 aromatic rings. The number of benzene rings is 1. The summed E-state index contributed by atoms with van der Waals surface area (Å²) in [4.78, 5) is 5.51. The zero-order valence-electron chi connectivity index (χ0n) is 10.2. The first-order valence-electron chi connectivity index (χ1n) is 5.61. The molecule has 0 spiro atoms. The van der Waals surface area contributed by atoms with Gasteiger partial charge in [0.25, 0.3) is 0 Å². The monoisotopic (exact) mass is 300 g/mol. The van der Waals surface area contributed by atoms with Crippen LogP contribution in [-0.2, 0) is 6.42 Å². The Hall–Kier alpha value is -0.610. The van der Waals surface area contributed by atoms with Gasteiger partial charge >= 0.3 is 0 Å². The van der Waals surface area contributed by atoms with Crippen LogP contribution >= 0.6 is 34.5 Å². The van der Waals surface area contributed by atoms with Gasteiger partial charge in [0.15, 0.2) is 0 Å². The third kappa shape index (κ3) is 2.86. The Bertz CT molecular complexity index is 566. The molecule has 1 aromatic carbocycles. The van der Waals surface area contributed by atoms with Gasteiger partial charge in [-0.05, 0) is 31.9 Å². The highest BCUT2D eigenvalue weighted by Crippen LogP contribution is 2.31. The first kappa shape index (κ1) is 13.8. The van der Waals surface area contributed by atoms with Gasteiger partial charge in [0, 0.05) is 10.9 Å². The molecule has 0 saturated carbocycles. The van der Waals surface area contributed by atoms with E-state index in [9.17, 15) is 0 Å². The van der Waals surface area contributed by atoms with E-state index in [1.165, 1.54) is 0 Å². The average Bonchev–Trinajstić information content (AvgIpc) is 2.64. The lowest BCUT2D eigenvalue weighted by molar-refractivity contribution is 0.729. The van der Waals surface area contributed by atoms with Gasteiger partial charge in [-0.15, -0.1) is 11.3 Å². The van der Waals surface area contributed by atoms with Gasteiger partial charge in [0.2, 0.25) is 0 Å². The average molecular weight is 301 g/mol. The smallest absolute Gasteiger partial charge is 0.0900 e. The van der Waals surface area contributed by atoms with Crippen LogP contribution in [0.5, 0.6) is 0 Å². The first-order chi connectivity index (χ1) is 8.49. The van der Waals surface area contributed by atoms with Crippen molar-refractivity contribution in [1.29, 1.82) is 0 Å². The van der Waals surface area contributed by atoms with Crippen molar-refractivity contribution in [2.75, 3.05) is 0 Å². The molecule has 1 unspecified atom stereocenters. The van der Waals surface area contributed by atoms with Crippen LogP contribution in [-0.4, -0.2) is 4.98 Å². The van der Waals surface area contributed by atoms with Crippen LogP contribution < -0.4 is 5.73 Å². The SMILES string of the molecule is Cc1nc(C)c(C(N)Cc2cccc(Cl)c2Cl)s1. The van der Waals surface area contributed by atoms with E-state index in [4.69, 9.17) is 28.9 Å². The zero-order chi connectivity index (χ0) is 13.3. The molecule has 0 saturated heterocycles. The molecule has 18 heavy (non-hydrogen) atoms. The van der Waals surface area contributed by atoms with Crippen LogP contribution in [0, 0.1) is 13.8 Å². The van der Waals surface area contributed by atoms with E-state index in [1.807, 2.05) is 26.0 Å². The van der Waals surface area contributed by atoms with Crippen LogP contribution in [0.1, 0.15) is 27.2 Å². The standard InChI is InChI=1S/C13H14Cl2N2S/c1-7-13(18-8(2)17-7)11(16)6-9-4-3-5-10(14)12(9)15/h3-5,11H,6,16H2,1-2H3. The lowest BCUT2D eigenvalue weighted by Crippen LogP contribution is -2.13. The highest BCUT2D eigenvalue weighted by atomic mass is 35.5. The van der Waals surface area contributed by atoms with E-state index < -0.39 is 0 Å². The number of aromatic nitrogens is 1. The summed E-state index contributed by atoms with van der Waals surface area (Å²) in [7, 11) is 0. The molecule has 2 nitrogen and oxygen atoms in total. The number of nitrogens with two attached hydrogens (primary N) is 1. The Balaban J connectivity index is 2.24. The second kappa shape index (κ2) is 5.57. The van der Waals surface area contributed by atoms with E-state index in [0.29, 0.717) is 16.5 Å². The van der Waals surface area contributed by atoms with Gasteiger partial charge in [-0.3, -0.25) is 0 Å². The summed E-state index contributed by atoms with van der Waals surface area (Å²) < 4.78 is 0. The van der Waals surface area contributed by atoms with Crippen LogP contribution in [0.25, 0.3) is 0 Å². The van der Waals surface area contributed by atoms with Gasteiger partial charge in [0.05, 0.1) is 20.7 Å². The van der Waals surface area contributed by atoms with Gasteiger partial charge in [0.1, 0.15) is 0 Å². The molecule has 0 aliphatic carbocycles. The van der Waals surface area contributed by atoms with Crippen LogP contribution in [0.15, 0.2) is 18.2 Å². The molecule has 96 valence electrons. The molecular formula is C13H14Cl2N2S. The molecule has 0 radical (unpaired) electrons. The van der Waals surface area contributed by atoms with Crippen molar-refractivity contribution in [3.05, 3.63) is 49.4 Å². The Morgan fingerprint density at radius 2 is 2.06 bits per heavy atom. The quantitative estimate of drug-likeness (QED) is 0.917. The van der Waals surface area contributed by atoms with Crippen molar-refractivity contribution in [2.45, 2.75) is 26.3 Å². The van der Waals surface area contributed by atoms with Crippen molar-refractivity contribution in [3.63, 3.8) is 0 Å². The summed E-state index contributed by atoms with van der Waals surface area (Å²) in [6.45, 7) is 3.97. The number of nitrogens with zero attached hydrogens (tertiary/aromatic N) is 1. The van der Waals surface area contributed by atoms with Crippen LogP contribution in [0.4, 0.5) is 0 Å². The summed E-state index contributed by atoms with van der Waals surface area (Å²) in [6, 6.07) is 5.53. The van der Waals surface area contributed by atoms with Crippen molar-refractivity contribution < 1.29 is 0 Å². The minimum absolute atomic E-state index is 0.0906. The molecule has 2 N–H and O–H groups in total. The van der Waals surface area contributed by atoms with Crippen molar-refractivity contribution >= 4 is 34.5 Å². The number of halogens is 2. The fourth-order valence-corrected chi connectivity index (χ4v) is 3.25. The molecule has 0 fully saturated rings. The van der Waals surface area contributed by atoms with Crippen molar-refractivity contribution in [1.82, 2.24) is 4.98 Å². The normalized spacial score (nSPS) is 12.7. The highest BCUT2D eigenvalue weighted by molar-refractivity contribution is 7.11. The zero-order valence-corrected chi connectivity index (χ0v) is 12.5. The fraction of sp³-hybridized carbons (Fsp3) is 0.308. The maximum absolute atomic E-state index is 6.23. The van der Waals surface area contributed by atoms with Gasteiger partial charge in [-0.1, -0.05) is 35.3 Å². The van der Waals surface area contributed by atoms with E-state index in [0.717, 1.165) is 21.1 Å². The third-order valence-corrected chi connectivity index (χ3v) is 4.81. The number of aryl methyl sites for hydroxylation is 2. The molecule has 1 atom stereocenters. The fourth-order valence-electron chi connectivity index (χ4n) is 1.93. The molecule has 0 bridgehead atoms. The summed E-state index contributed by atoms with van der Waals surface area (Å²) >= 11 is 13.8. The number of thiazole rings is 1. The van der Waals surface area contributed by atoms with Crippen LogP contribution in [0.2, 0.25) is 10.0 Å². The minimum Gasteiger partial charge on any atom is -0.323 e. The Morgan fingerprint density at radius 3 is 2.67 bits per heavy atom. The van der Waals surface area contributed by atoms with Gasteiger partial charge < -0.3 is 5.73 Å². The lowest BCUT2D eigenvalue weighted by atomic mass is 10.0. The van der Waals surface area contributed by atoms with Crippen molar-refractivity contribution in [3.8, 4) is 0 Å². The van der Waals surface area contributed by atoms with E-state index >= 15 is 0 Å². The van der Waals surface area contributed by atoms with E-state index in [1.54, 1.807) is 17.4 Å². The summed E-state index contributed by atoms with van der Waals surface area (Å²) in [5, 5.41) is 2.20. The minimum atomic E-state index is -0.0906. The predicted octanol–water partition coefficient (Wildman–Crippen LogP) is 4.31. The first-order valence-corrected chi connectivity index (χ1v) is 7.18. The number of hydrogen-bond acceptors (Lipinski definition) is 3. The number of hydrogen-bond donors (Lipinski definition) is 1. The molecule has 1 heterocycles. The van der Waals surface area contributed by atoms with Crippen LogP contribution in [0.3, 0.4) is 0 Å². The number of rotatable bonds is 3. The molecule has 0 aliphatic heterocycles. The second-order valence-corrected chi connectivity index (χ2v) is 6.23.